The summed E-state index contributed by atoms with van der Waals surface area (Å²) in [6, 6.07) is 5.30. The van der Waals surface area contributed by atoms with Crippen LogP contribution in [0.1, 0.15) is 10.4 Å². The van der Waals surface area contributed by atoms with Crippen LogP contribution in [0.3, 0.4) is 0 Å². The van der Waals surface area contributed by atoms with E-state index in [1.807, 2.05) is 0 Å². The van der Waals surface area contributed by atoms with Crippen LogP contribution in [0.25, 0.3) is 0 Å². The minimum absolute atomic E-state index is 0.0310. The zero-order valence-electron chi connectivity index (χ0n) is 9.99. The summed E-state index contributed by atoms with van der Waals surface area (Å²) in [5.41, 5.74) is 10.5. The van der Waals surface area contributed by atoms with E-state index in [-0.39, 0.29) is 21.0 Å². The van der Waals surface area contributed by atoms with Crippen LogP contribution in [0, 0.1) is 17.5 Å². The molecule has 20 heavy (non-hydrogen) atoms. The molecular weight excluding hydrogens is 289 g/mol. The van der Waals surface area contributed by atoms with Gasteiger partial charge in [0.25, 0.3) is 5.91 Å². The molecule has 0 fully saturated rings. The first-order chi connectivity index (χ1) is 9.38. The number of halogens is 3. The lowest BCUT2D eigenvalue weighted by molar-refractivity contribution is 0.100. The minimum Gasteiger partial charge on any atom is -0.398 e. The average molecular weight is 298 g/mol. The second-order valence-corrected chi connectivity index (χ2v) is 5.03. The Morgan fingerprint density at radius 2 is 1.70 bits per heavy atom. The highest BCUT2D eigenvalue weighted by Gasteiger charge is 2.13. The molecule has 0 saturated heterocycles. The fourth-order valence-electron chi connectivity index (χ4n) is 1.53. The third-order valence-corrected chi connectivity index (χ3v) is 3.51. The largest absolute Gasteiger partial charge is 0.398 e. The van der Waals surface area contributed by atoms with Crippen molar-refractivity contribution >= 4 is 23.4 Å². The van der Waals surface area contributed by atoms with Crippen molar-refractivity contribution in [2.24, 2.45) is 5.73 Å². The summed E-state index contributed by atoms with van der Waals surface area (Å²) in [5.74, 6) is -3.51. The Kier molecular flexibility index (Phi) is 3.89. The Bertz CT molecular complexity index is 692. The molecule has 0 radical (unpaired) electrons. The van der Waals surface area contributed by atoms with Crippen molar-refractivity contribution in [2.45, 2.75) is 9.79 Å². The number of benzene rings is 2. The second kappa shape index (κ2) is 5.46. The zero-order chi connectivity index (χ0) is 14.9. The van der Waals surface area contributed by atoms with Crippen LogP contribution in [0.4, 0.5) is 18.9 Å². The van der Waals surface area contributed by atoms with Crippen molar-refractivity contribution in [3.63, 3.8) is 0 Å². The van der Waals surface area contributed by atoms with E-state index in [9.17, 15) is 18.0 Å². The standard InChI is InChI=1S/C13H9F3N2OS/c14-8-2-1-6(3-9(8)15)20-12-4-7(13(18)19)11(17)5-10(12)16/h1-5H,17H2,(H2,18,19). The van der Waals surface area contributed by atoms with Crippen molar-refractivity contribution in [3.8, 4) is 0 Å². The first-order valence-corrected chi connectivity index (χ1v) is 6.22. The number of carbonyl (C=O) groups is 1. The first kappa shape index (κ1) is 14.3. The molecule has 2 rings (SSSR count). The van der Waals surface area contributed by atoms with E-state index in [2.05, 4.69) is 0 Å². The van der Waals surface area contributed by atoms with E-state index >= 15 is 0 Å². The van der Waals surface area contributed by atoms with Crippen LogP contribution in [0.2, 0.25) is 0 Å². The summed E-state index contributed by atoms with van der Waals surface area (Å²) in [4.78, 5) is 11.5. The summed E-state index contributed by atoms with van der Waals surface area (Å²) in [6.45, 7) is 0. The molecule has 3 nitrogen and oxygen atoms in total. The Morgan fingerprint density at radius 1 is 1.00 bits per heavy atom. The lowest BCUT2D eigenvalue weighted by Crippen LogP contribution is -2.14. The Hall–Kier alpha value is -2.15. The van der Waals surface area contributed by atoms with Crippen molar-refractivity contribution in [1.82, 2.24) is 0 Å². The van der Waals surface area contributed by atoms with E-state index in [1.54, 1.807) is 0 Å². The summed E-state index contributed by atoms with van der Waals surface area (Å²) in [6.07, 6.45) is 0. The molecule has 0 bridgehead atoms. The number of carbonyl (C=O) groups excluding carboxylic acids is 1. The molecule has 1 amide bonds. The molecular formula is C13H9F3N2OS. The maximum absolute atomic E-state index is 13.7. The summed E-state index contributed by atoms with van der Waals surface area (Å²) in [5, 5.41) is 0. The maximum atomic E-state index is 13.7. The molecule has 4 N–H and O–H groups in total. The van der Waals surface area contributed by atoms with Gasteiger partial charge >= 0.3 is 0 Å². The van der Waals surface area contributed by atoms with Crippen LogP contribution in [0.15, 0.2) is 40.1 Å². The van der Waals surface area contributed by atoms with Gasteiger partial charge in [-0.25, -0.2) is 13.2 Å². The fraction of sp³-hybridized carbons (Fsp3) is 0. The third-order valence-electron chi connectivity index (χ3n) is 2.49. The van der Waals surface area contributed by atoms with Gasteiger partial charge in [0.05, 0.1) is 5.56 Å². The molecule has 0 spiro atoms. The van der Waals surface area contributed by atoms with Crippen molar-refractivity contribution in [2.75, 3.05) is 5.73 Å². The molecule has 104 valence electrons. The Labute approximate surface area is 116 Å². The number of nitrogen functional groups attached to an aromatic ring is 1. The number of amides is 1. The summed E-state index contributed by atoms with van der Waals surface area (Å²) in [7, 11) is 0. The smallest absolute Gasteiger partial charge is 0.250 e. The number of primary amides is 1. The van der Waals surface area contributed by atoms with Gasteiger partial charge in [0.2, 0.25) is 0 Å². The van der Waals surface area contributed by atoms with Gasteiger partial charge in [0, 0.05) is 15.5 Å². The molecule has 7 heteroatoms. The highest BCUT2D eigenvalue weighted by molar-refractivity contribution is 7.99. The van der Waals surface area contributed by atoms with Gasteiger partial charge < -0.3 is 11.5 Å². The monoisotopic (exact) mass is 298 g/mol. The van der Waals surface area contributed by atoms with E-state index < -0.39 is 23.4 Å². The molecule has 0 aromatic heterocycles. The first-order valence-electron chi connectivity index (χ1n) is 5.40. The quantitative estimate of drug-likeness (QED) is 0.856. The fourth-order valence-corrected chi connectivity index (χ4v) is 2.41. The van der Waals surface area contributed by atoms with E-state index in [4.69, 9.17) is 11.5 Å². The lowest BCUT2D eigenvalue weighted by Gasteiger charge is -2.08. The van der Waals surface area contributed by atoms with Gasteiger partial charge in [0.1, 0.15) is 5.82 Å². The lowest BCUT2D eigenvalue weighted by atomic mass is 10.1. The normalized spacial score (nSPS) is 10.6. The number of nitrogens with two attached hydrogens (primary N) is 2. The average Bonchev–Trinajstić information content (AvgIpc) is 2.36. The number of anilines is 1. The molecule has 0 aliphatic carbocycles. The molecule has 0 aliphatic rings. The van der Waals surface area contributed by atoms with Gasteiger partial charge in [-0.2, -0.15) is 0 Å². The molecule has 0 aliphatic heterocycles. The topological polar surface area (TPSA) is 69.1 Å². The molecule has 2 aromatic rings. The Balaban J connectivity index is 2.40. The van der Waals surface area contributed by atoms with Crippen LogP contribution in [0.5, 0.6) is 0 Å². The van der Waals surface area contributed by atoms with Gasteiger partial charge in [0.15, 0.2) is 11.6 Å². The van der Waals surface area contributed by atoms with E-state index in [0.717, 1.165) is 30.0 Å². The van der Waals surface area contributed by atoms with E-state index in [0.29, 0.717) is 0 Å². The van der Waals surface area contributed by atoms with Crippen LogP contribution in [-0.4, -0.2) is 5.91 Å². The van der Waals surface area contributed by atoms with Crippen molar-refractivity contribution in [1.29, 1.82) is 0 Å². The zero-order valence-corrected chi connectivity index (χ0v) is 10.8. The molecule has 0 atom stereocenters. The predicted octanol–water partition coefficient (Wildman–Crippen LogP) is 2.94. The molecule has 0 unspecified atom stereocenters. The highest BCUT2D eigenvalue weighted by Crippen LogP contribution is 2.33. The van der Waals surface area contributed by atoms with E-state index in [1.165, 1.54) is 12.1 Å². The number of hydrogen-bond acceptors (Lipinski definition) is 3. The van der Waals surface area contributed by atoms with Crippen LogP contribution < -0.4 is 11.5 Å². The maximum Gasteiger partial charge on any atom is 0.250 e. The minimum atomic E-state index is -1.04. The highest BCUT2D eigenvalue weighted by atomic mass is 32.2. The summed E-state index contributed by atoms with van der Waals surface area (Å²) >= 11 is 0.832. The number of hydrogen-bond donors (Lipinski definition) is 2. The summed E-state index contributed by atoms with van der Waals surface area (Å²) < 4.78 is 39.6. The second-order valence-electron chi connectivity index (χ2n) is 3.91. The van der Waals surface area contributed by atoms with Gasteiger partial charge in [-0.1, -0.05) is 11.8 Å². The van der Waals surface area contributed by atoms with Gasteiger partial charge in [-0.15, -0.1) is 0 Å². The van der Waals surface area contributed by atoms with Crippen molar-refractivity contribution in [3.05, 3.63) is 53.3 Å². The Morgan fingerprint density at radius 3 is 2.30 bits per heavy atom. The van der Waals surface area contributed by atoms with Gasteiger partial charge in [-0.05, 0) is 30.3 Å². The van der Waals surface area contributed by atoms with Crippen LogP contribution >= 0.6 is 11.8 Å². The molecule has 0 saturated carbocycles. The number of rotatable bonds is 3. The molecule has 0 heterocycles. The van der Waals surface area contributed by atoms with Gasteiger partial charge in [-0.3, -0.25) is 4.79 Å². The predicted molar refractivity (Wildman–Crippen MR) is 69.8 cm³/mol. The van der Waals surface area contributed by atoms with Crippen LogP contribution in [-0.2, 0) is 0 Å². The molecule has 2 aromatic carbocycles. The SMILES string of the molecule is NC(=O)c1cc(Sc2ccc(F)c(F)c2)c(F)cc1N. The third kappa shape index (κ3) is 2.88. The van der Waals surface area contributed by atoms with Crippen molar-refractivity contribution < 1.29 is 18.0 Å².